The summed E-state index contributed by atoms with van der Waals surface area (Å²) in [7, 11) is 0. The molecule has 0 aromatic carbocycles. The van der Waals surface area contributed by atoms with Gasteiger partial charge in [0.05, 0.1) is 25.3 Å². The number of hydrogen-bond acceptors (Lipinski definition) is 7. The Balaban J connectivity index is 1.70. The minimum atomic E-state index is -0.368. The summed E-state index contributed by atoms with van der Waals surface area (Å²) in [4.78, 5) is 30.7. The maximum absolute atomic E-state index is 12.8. The fraction of sp³-hybridized carbons (Fsp3) is 0.481. The number of halogens is 1. The van der Waals surface area contributed by atoms with Gasteiger partial charge < -0.3 is 19.1 Å². The van der Waals surface area contributed by atoms with Crippen molar-refractivity contribution in [3.63, 3.8) is 0 Å². The molecule has 3 aromatic rings. The van der Waals surface area contributed by atoms with Gasteiger partial charge in [-0.2, -0.15) is 5.10 Å². The van der Waals surface area contributed by atoms with Gasteiger partial charge in [0.1, 0.15) is 12.3 Å². The Bertz CT molecular complexity index is 1240. The van der Waals surface area contributed by atoms with Crippen LogP contribution in [0, 0.1) is 0 Å². The average Bonchev–Trinajstić information content (AvgIpc) is 3.32. The number of esters is 1. The number of ether oxygens (including phenoxy) is 3. The number of rotatable bonds is 10. The van der Waals surface area contributed by atoms with Crippen LogP contribution in [0.25, 0.3) is 16.6 Å². The lowest BCUT2D eigenvalue weighted by atomic mass is 9.95. The molecule has 0 aliphatic carbocycles. The fourth-order valence-electron chi connectivity index (χ4n) is 4.55. The third kappa shape index (κ3) is 6.67. The van der Waals surface area contributed by atoms with E-state index < -0.39 is 0 Å². The molecule has 0 atom stereocenters. The summed E-state index contributed by atoms with van der Waals surface area (Å²) in [5.41, 5.74) is 5.69. The zero-order valence-corrected chi connectivity index (χ0v) is 23.0. The van der Waals surface area contributed by atoms with Crippen molar-refractivity contribution >= 4 is 33.5 Å². The molecule has 3 aromatic heterocycles. The SMILES string of the molecule is CCOC(=O)CCCCc1c(COC(=O)N2CCOCC2)nn2c(CC)ccc2c1-c1cncc(Br)c1. The number of carbonyl (C=O) groups excluding carboxylic acids is 2. The van der Waals surface area contributed by atoms with Crippen LogP contribution in [0.15, 0.2) is 35.1 Å². The van der Waals surface area contributed by atoms with Gasteiger partial charge in [0.2, 0.25) is 0 Å². The first-order valence-corrected chi connectivity index (χ1v) is 13.6. The van der Waals surface area contributed by atoms with E-state index in [0.717, 1.165) is 45.2 Å². The molecule has 9 nitrogen and oxygen atoms in total. The van der Waals surface area contributed by atoms with Crippen molar-refractivity contribution in [1.82, 2.24) is 19.5 Å². The van der Waals surface area contributed by atoms with E-state index in [0.29, 0.717) is 57.9 Å². The monoisotopic (exact) mass is 572 g/mol. The van der Waals surface area contributed by atoms with Crippen molar-refractivity contribution in [2.75, 3.05) is 32.9 Å². The molecule has 1 aliphatic heterocycles. The van der Waals surface area contributed by atoms with E-state index in [2.05, 4.69) is 40.0 Å². The Morgan fingerprint density at radius 1 is 1.11 bits per heavy atom. The summed E-state index contributed by atoms with van der Waals surface area (Å²) in [6, 6.07) is 6.19. The maximum atomic E-state index is 12.8. The first-order chi connectivity index (χ1) is 18.0. The van der Waals surface area contributed by atoms with E-state index in [9.17, 15) is 9.59 Å². The van der Waals surface area contributed by atoms with Crippen LogP contribution in [0.4, 0.5) is 4.79 Å². The van der Waals surface area contributed by atoms with E-state index >= 15 is 0 Å². The van der Waals surface area contributed by atoms with Gasteiger partial charge in [-0.15, -0.1) is 0 Å². The molecule has 0 N–H and O–H groups in total. The Morgan fingerprint density at radius 2 is 1.92 bits per heavy atom. The molecular weight excluding hydrogens is 540 g/mol. The summed E-state index contributed by atoms with van der Waals surface area (Å²) in [6.07, 6.45) is 6.51. The lowest BCUT2D eigenvalue weighted by Crippen LogP contribution is -2.41. The van der Waals surface area contributed by atoms with Crippen LogP contribution in [0.2, 0.25) is 0 Å². The molecule has 4 heterocycles. The Kier molecular flexibility index (Phi) is 9.51. The van der Waals surface area contributed by atoms with Gasteiger partial charge in [-0.25, -0.2) is 9.31 Å². The summed E-state index contributed by atoms with van der Waals surface area (Å²) in [5, 5.41) is 4.95. The number of aryl methyl sites for hydroxylation is 1. The number of unbranched alkanes of at least 4 members (excludes halogenated alkanes) is 1. The van der Waals surface area contributed by atoms with Crippen LogP contribution < -0.4 is 0 Å². The van der Waals surface area contributed by atoms with Crippen molar-refractivity contribution in [3.8, 4) is 11.1 Å². The number of nitrogens with zero attached hydrogens (tertiary/aromatic N) is 4. The molecule has 198 valence electrons. The zero-order valence-electron chi connectivity index (χ0n) is 21.4. The van der Waals surface area contributed by atoms with Crippen LogP contribution in [0.3, 0.4) is 0 Å². The third-order valence-corrected chi connectivity index (χ3v) is 6.81. The Morgan fingerprint density at radius 3 is 2.65 bits per heavy atom. The van der Waals surface area contributed by atoms with Gasteiger partial charge in [0, 0.05) is 53.2 Å². The second kappa shape index (κ2) is 13.0. The largest absolute Gasteiger partial charge is 0.466 e. The highest BCUT2D eigenvalue weighted by atomic mass is 79.9. The van der Waals surface area contributed by atoms with Crippen LogP contribution in [-0.2, 0) is 38.5 Å². The molecule has 37 heavy (non-hydrogen) atoms. The zero-order chi connectivity index (χ0) is 26.2. The smallest absolute Gasteiger partial charge is 0.410 e. The Labute approximate surface area is 225 Å². The first kappa shape index (κ1) is 27.1. The van der Waals surface area contributed by atoms with Crippen LogP contribution in [-0.4, -0.2) is 64.5 Å². The molecule has 0 bridgehead atoms. The number of pyridine rings is 1. The van der Waals surface area contributed by atoms with Crippen molar-refractivity contribution in [2.24, 2.45) is 0 Å². The second-order valence-electron chi connectivity index (χ2n) is 8.83. The van der Waals surface area contributed by atoms with Gasteiger partial charge in [-0.3, -0.25) is 9.78 Å². The minimum absolute atomic E-state index is 0.0507. The fourth-order valence-corrected chi connectivity index (χ4v) is 4.92. The molecule has 1 amide bonds. The van der Waals surface area contributed by atoms with Gasteiger partial charge in [0.15, 0.2) is 0 Å². The summed E-state index contributed by atoms with van der Waals surface area (Å²) in [5.74, 6) is -0.189. The maximum Gasteiger partial charge on any atom is 0.410 e. The van der Waals surface area contributed by atoms with Gasteiger partial charge in [-0.05, 0) is 72.3 Å². The highest BCUT2D eigenvalue weighted by Gasteiger charge is 2.22. The molecule has 1 saturated heterocycles. The topological polar surface area (TPSA) is 95.3 Å². The Hall–Kier alpha value is -2.98. The molecule has 0 saturated carbocycles. The van der Waals surface area contributed by atoms with Crippen LogP contribution >= 0.6 is 15.9 Å². The number of aromatic nitrogens is 3. The van der Waals surface area contributed by atoms with E-state index in [-0.39, 0.29) is 18.7 Å². The second-order valence-corrected chi connectivity index (χ2v) is 9.75. The van der Waals surface area contributed by atoms with Gasteiger partial charge in [-0.1, -0.05) is 6.92 Å². The minimum Gasteiger partial charge on any atom is -0.466 e. The molecule has 10 heteroatoms. The number of carbonyl (C=O) groups is 2. The van der Waals surface area contributed by atoms with Crippen LogP contribution in [0.5, 0.6) is 0 Å². The molecule has 0 spiro atoms. The van der Waals surface area contributed by atoms with E-state index in [1.165, 1.54) is 0 Å². The normalized spacial score (nSPS) is 13.6. The number of fused-ring (bicyclic) bond motifs is 1. The lowest BCUT2D eigenvalue weighted by molar-refractivity contribution is -0.143. The van der Waals surface area contributed by atoms with E-state index in [1.807, 2.05) is 23.7 Å². The predicted molar refractivity (Wildman–Crippen MR) is 142 cm³/mol. The van der Waals surface area contributed by atoms with E-state index in [4.69, 9.17) is 19.3 Å². The summed E-state index contributed by atoms with van der Waals surface area (Å²) >= 11 is 3.55. The molecule has 0 radical (unpaired) electrons. The van der Waals surface area contributed by atoms with Crippen LogP contribution in [0.1, 0.15) is 50.1 Å². The van der Waals surface area contributed by atoms with E-state index in [1.54, 1.807) is 11.1 Å². The third-order valence-electron chi connectivity index (χ3n) is 6.38. The highest BCUT2D eigenvalue weighted by Crippen LogP contribution is 2.34. The van der Waals surface area contributed by atoms with Crippen molar-refractivity contribution in [3.05, 3.63) is 52.0 Å². The number of hydrogen-bond donors (Lipinski definition) is 0. The van der Waals surface area contributed by atoms with Gasteiger partial charge >= 0.3 is 12.1 Å². The summed E-state index contributed by atoms with van der Waals surface area (Å²) < 4.78 is 19.0. The molecule has 1 fully saturated rings. The standard InChI is InChI=1S/C27H33BrN4O5/c1-3-21-9-10-24-26(19-15-20(28)17-29-16-19)22(7-5-6-8-25(33)36-4-2)23(30-32(21)24)18-37-27(34)31-11-13-35-14-12-31/h9-10,15-17H,3-8,11-14,18H2,1-2H3. The summed E-state index contributed by atoms with van der Waals surface area (Å²) in [6.45, 7) is 6.37. The lowest BCUT2D eigenvalue weighted by Gasteiger charge is -2.26. The average molecular weight is 573 g/mol. The number of amides is 1. The molecule has 1 aliphatic rings. The van der Waals surface area contributed by atoms with Crippen molar-refractivity contribution in [2.45, 2.75) is 52.6 Å². The molecule has 4 rings (SSSR count). The van der Waals surface area contributed by atoms with Gasteiger partial charge in [0.25, 0.3) is 0 Å². The first-order valence-electron chi connectivity index (χ1n) is 12.8. The highest BCUT2D eigenvalue weighted by molar-refractivity contribution is 9.10. The van der Waals surface area contributed by atoms with Crippen molar-refractivity contribution in [1.29, 1.82) is 0 Å². The molecule has 0 unspecified atom stereocenters. The predicted octanol–water partition coefficient (Wildman–Crippen LogP) is 4.97. The van der Waals surface area contributed by atoms with Crippen molar-refractivity contribution < 1.29 is 23.8 Å². The number of morpholine rings is 1. The quantitative estimate of drug-likeness (QED) is 0.250. The molecular formula is C27H33BrN4O5.